The number of ketones is 2. The largest absolute Gasteiger partial charge is 0.471 e. The van der Waals surface area contributed by atoms with E-state index in [2.05, 4.69) is 4.72 Å². The molecule has 2 N–H and O–H groups in total. The monoisotopic (exact) mass is 1010 g/mol. The number of likely N-dealkylation sites (tertiary alicyclic amines) is 1. The summed E-state index contributed by atoms with van der Waals surface area (Å²) in [4.78, 5) is 86.8. The van der Waals surface area contributed by atoms with Gasteiger partial charge < -0.3 is 24.6 Å². The molecule has 9 atom stereocenters. The van der Waals surface area contributed by atoms with Crippen LogP contribution in [0.4, 0.5) is 13.2 Å². The van der Waals surface area contributed by atoms with E-state index in [0.29, 0.717) is 31.4 Å². The van der Waals surface area contributed by atoms with Gasteiger partial charge in [-0.15, -0.1) is 0 Å². The Kier molecular flexibility index (Phi) is 22.7. The molecular weight excluding hydrogens is 932 g/mol. The van der Waals surface area contributed by atoms with Gasteiger partial charge in [0.05, 0.1) is 41.6 Å². The Bertz CT molecular complexity index is 2170. The van der Waals surface area contributed by atoms with Crippen molar-refractivity contribution in [3.8, 4) is 0 Å². The number of nitrogens with one attached hydrogen (secondary N) is 2. The molecule has 1 saturated heterocycles. The fourth-order valence-corrected chi connectivity index (χ4v) is 10.8. The van der Waals surface area contributed by atoms with Gasteiger partial charge in [-0.3, -0.25) is 33.7 Å². The molecule has 1 unspecified atom stereocenters. The van der Waals surface area contributed by atoms with E-state index >= 15 is 0 Å². The van der Waals surface area contributed by atoms with Crippen LogP contribution in [0.3, 0.4) is 0 Å². The Balaban J connectivity index is 1.82. The molecule has 19 heteroatoms. The van der Waals surface area contributed by atoms with E-state index in [4.69, 9.17) is 9.47 Å². The molecule has 0 radical (unpaired) electrons. The van der Waals surface area contributed by atoms with Crippen LogP contribution < -0.4 is 10.0 Å². The zero-order valence-corrected chi connectivity index (χ0v) is 43.7. The van der Waals surface area contributed by atoms with Crippen LogP contribution in [0.25, 0.3) is 0 Å². The average Bonchev–Trinajstić information content (AvgIpc) is 3.78. The number of hydrogen-bond donors (Lipinski definition) is 2. The normalized spacial score (nSPS) is 17.9. The molecule has 70 heavy (non-hydrogen) atoms. The molecule has 1 aliphatic heterocycles. The number of nitrogens with zero attached hydrogens (tertiary/aromatic N) is 3. The van der Waals surface area contributed by atoms with Gasteiger partial charge in [-0.05, 0) is 74.4 Å². The first kappa shape index (κ1) is 59.6. The van der Waals surface area contributed by atoms with E-state index in [1.54, 1.807) is 59.4 Å². The molecular formula is C51H76F3N5O10S. The van der Waals surface area contributed by atoms with Crippen LogP contribution in [0, 0.1) is 35.5 Å². The van der Waals surface area contributed by atoms with Crippen LogP contribution in [0.5, 0.6) is 0 Å². The Labute approximate surface area is 413 Å². The van der Waals surface area contributed by atoms with Crippen molar-refractivity contribution in [1.82, 2.24) is 24.7 Å². The summed E-state index contributed by atoms with van der Waals surface area (Å²) in [6, 6.07) is 11.9. The lowest BCUT2D eigenvalue weighted by Gasteiger charge is -2.41. The van der Waals surface area contributed by atoms with Crippen molar-refractivity contribution < 1.29 is 59.8 Å². The molecule has 1 fully saturated rings. The van der Waals surface area contributed by atoms with E-state index in [1.165, 1.54) is 26.4 Å². The standard InChI is InChI=1S/C51H76F3N5O10S/c1-13-33(6)46(58(10)49(64)39(31(2)3)28-42(61)45(32(4)5)57(8)9)43(68-11)29-44(62)59-25-17-20-40(59)47(69-12)34(7)41(60)27-37(26-35-18-15-14-16-19-35)48(63)56-70(66,67)38-23-21-36(22-24-38)30-55-50(65)51(52,53)54/h14-16,18-19,21-24,31-34,37,39-40,43,45-47H,13,17,20,25-30H2,1-12H3,(H,55,65)(H,56,63)/t33-,34-,37+,39-,40-,43+,45-,46?,47+/m0/s1. The predicted octanol–water partition coefficient (Wildman–Crippen LogP) is 6.23. The summed E-state index contributed by atoms with van der Waals surface area (Å²) in [6.45, 7) is 13.3. The lowest BCUT2D eigenvalue weighted by atomic mass is 9.83. The number of Topliss-reactive ketones (excluding diaryl/α,β-unsaturated/α-hetero) is 2. The van der Waals surface area contributed by atoms with Crippen molar-refractivity contribution in [3.05, 3.63) is 65.7 Å². The number of hydrogen-bond acceptors (Lipinski definition) is 11. The first-order valence-electron chi connectivity index (χ1n) is 24.1. The third kappa shape index (κ3) is 16.2. The van der Waals surface area contributed by atoms with Crippen molar-refractivity contribution in [2.45, 2.75) is 141 Å². The average molecular weight is 1010 g/mol. The minimum atomic E-state index is -5.09. The van der Waals surface area contributed by atoms with E-state index in [-0.39, 0.29) is 77.5 Å². The third-order valence-electron chi connectivity index (χ3n) is 13.7. The number of carbonyl (C=O) groups excluding carboxylic acids is 6. The number of ether oxygens (including phenoxy) is 2. The lowest BCUT2D eigenvalue weighted by molar-refractivity contribution is -0.173. The minimum Gasteiger partial charge on any atom is -0.379 e. The summed E-state index contributed by atoms with van der Waals surface area (Å²) < 4.78 is 78.9. The zero-order valence-electron chi connectivity index (χ0n) is 42.9. The topological polar surface area (TPSA) is 189 Å². The Morgan fingerprint density at radius 2 is 1.43 bits per heavy atom. The van der Waals surface area contributed by atoms with E-state index in [1.807, 2.05) is 60.5 Å². The van der Waals surface area contributed by atoms with E-state index in [9.17, 15) is 50.4 Å². The number of likely N-dealkylation sites (N-methyl/N-ethyl adjacent to an activating group) is 2. The molecule has 0 saturated carbocycles. The van der Waals surface area contributed by atoms with Gasteiger partial charge in [0.15, 0.2) is 5.78 Å². The highest BCUT2D eigenvalue weighted by Crippen LogP contribution is 2.32. The molecule has 15 nitrogen and oxygen atoms in total. The molecule has 1 heterocycles. The van der Waals surface area contributed by atoms with Gasteiger partial charge in [0.25, 0.3) is 10.0 Å². The third-order valence-corrected chi connectivity index (χ3v) is 15.1. The molecule has 0 bridgehead atoms. The predicted molar refractivity (Wildman–Crippen MR) is 259 cm³/mol. The van der Waals surface area contributed by atoms with Crippen molar-refractivity contribution >= 4 is 45.2 Å². The van der Waals surface area contributed by atoms with Crippen molar-refractivity contribution in [3.63, 3.8) is 0 Å². The Morgan fingerprint density at radius 1 is 0.814 bits per heavy atom. The molecule has 392 valence electrons. The maximum absolute atomic E-state index is 14.5. The van der Waals surface area contributed by atoms with Gasteiger partial charge in [-0.25, -0.2) is 13.1 Å². The quantitative estimate of drug-likeness (QED) is 0.103. The lowest BCUT2D eigenvalue weighted by Crippen LogP contribution is -2.54. The number of alkyl halides is 3. The highest BCUT2D eigenvalue weighted by Gasteiger charge is 2.44. The highest BCUT2D eigenvalue weighted by molar-refractivity contribution is 7.90. The summed E-state index contributed by atoms with van der Waals surface area (Å²) in [6.07, 6.45) is -5.19. The molecule has 2 aromatic carbocycles. The van der Waals surface area contributed by atoms with Crippen LogP contribution in [-0.4, -0.2) is 137 Å². The van der Waals surface area contributed by atoms with Crippen LogP contribution >= 0.6 is 0 Å². The van der Waals surface area contributed by atoms with Gasteiger partial charge in [-0.1, -0.05) is 97.4 Å². The summed E-state index contributed by atoms with van der Waals surface area (Å²) in [5, 5.41) is 1.71. The second kappa shape index (κ2) is 26.6. The smallest absolute Gasteiger partial charge is 0.379 e. The number of methoxy groups -OCH3 is 2. The fraction of sp³-hybridized carbons (Fsp3) is 0.647. The second-order valence-corrected chi connectivity index (χ2v) is 21.3. The maximum Gasteiger partial charge on any atom is 0.471 e. The molecule has 1 aliphatic rings. The zero-order chi connectivity index (χ0) is 52.8. The van der Waals surface area contributed by atoms with Gasteiger partial charge in [0.2, 0.25) is 17.7 Å². The molecule has 0 aliphatic carbocycles. The van der Waals surface area contributed by atoms with E-state index < -0.39 is 82.4 Å². The van der Waals surface area contributed by atoms with Gasteiger partial charge >= 0.3 is 12.1 Å². The summed E-state index contributed by atoms with van der Waals surface area (Å²) in [7, 11) is 3.86. The highest BCUT2D eigenvalue weighted by atomic mass is 32.2. The van der Waals surface area contributed by atoms with Crippen molar-refractivity contribution in [2.24, 2.45) is 35.5 Å². The number of amides is 4. The molecule has 0 aromatic heterocycles. The number of carbonyl (C=O) groups is 6. The SMILES string of the molecule is CC[C@H](C)C([C@@H](CC(=O)N1CCC[C@H]1[C@H](OC)[C@@H](C)C(=O)C[C@@H](Cc1ccccc1)C(=O)NS(=O)(=O)c1ccc(CNC(=O)C(F)(F)F)cc1)OC)N(C)C(=O)[C@@H](CC(=O)[C@H](C(C)C)N(C)C)C(C)C. The number of benzene rings is 2. The summed E-state index contributed by atoms with van der Waals surface area (Å²) >= 11 is 0. The maximum atomic E-state index is 14.5. The first-order valence-corrected chi connectivity index (χ1v) is 25.6. The van der Waals surface area contributed by atoms with Crippen LogP contribution in [0.15, 0.2) is 59.5 Å². The summed E-state index contributed by atoms with van der Waals surface area (Å²) in [5.41, 5.74) is 0.837. The molecule has 0 spiro atoms. The van der Waals surface area contributed by atoms with Crippen LogP contribution in [0.1, 0.15) is 98.1 Å². The van der Waals surface area contributed by atoms with Crippen molar-refractivity contribution in [2.75, 3.05) is 41.9 Å². The number of halogens is 3. The summed E-state index contributed by atoms with van der Waals surface area (Å²) in [5.74, 6) is -6.76. The Morgan fingerprint density at radius 3 is 1.94 bits per heavy atom. The Hall–Kier alpha value is -4.72. The van der Waals surface area contributed by atoms with Gasteiger partial charge in [0, 0.05) is 65.0 Å². The van der Waals surface area contributed by atoms with Crippen LogP contribution in [0.2, 0.25) is 0 Å². The molecule has 4 amide bonds. The molecule has 2 aromatic rings. The second-order valence-electron chi connectivity index (χ2n) is 19.6. The number of sulfonamides is 1. The molecule has 3 rings (SSSR count). The minimum absolute atomic E-state index is 0.000339. The van der Waals surface area contributed by atoms with Crippen LogP contribution in [-0.2, 0) is 61.2 Å². The van der Waals surface area contributed by atoms with E-state index in [0.717, 1.165) is 12.1 Å². The first-order chi connectivity index (χ1) is 32.7. The number of rotatable bonds is 27. The van der Waals surface area contributed by atoms with Gasteiger partial charge in [-0.2, -0.15) is 13.2 Å². The fourth-order valence-electron chi connectivity index (χ4n) is 9.73. The van der Waals surface area contributed by atoms with Gasteiger partial charge in [0.1, 0.15) is 5.78 Å². The van der Waals surface area contributed by atoms with Crippen molar-refractivity contribution in [1.29, 1.82) is 0 Å².